The molecule has 0 aromatic carbocycles. The van der Waals surface area contributed by atoms with Crippen molar-refractivity contribution in [2.45, 2.75) is 97.8 Å². The number of hydrogen-bond donors (Lipinski definition) is 0. The molecule has 102 valence electrons. The molecular formula is C17H34. The van der Waals surface area contributed by atoms with Gasteiger partial charge >= 0.3 is 0 Å². The zero-order valence-corrected chi connectivity index (χ0v) is 12.6. The second-order valence-electron chi connectivity index (χ2n) is 6.96. The van der Waals surface area contributed by atoms with Gasteiger partial charge in [-0.3, -0.25) is 0 Å². The molecule has 0 aromatic rings. The van der Waals surface area contributed by atoms with Crippen LogP contribution in [0.15, 0.2) is 0 Å². The van der Waals surface area contributed by atoms with Crippen LogP contribution in [0.1, 0.15) is 97.8 Å². The lowest BCUT2D eigenvalue weighted by atomic mass is 9.73. The molecule has 0 saturated heterocycles. The van der Waals surface area contributed by atoms with E-state index in [4.69, 9.17) is 0 Å². The van der Waals surface area contributed by atoms with Crippen LogP contribution in [-0.2, 0) is 0 Å². The van der Waals surface area contributed by atoms with Crippen LogP contribution in [0.3, 0.4) is 0 Å². The molecule has 1 saturated carbocycles. The molecule has 1 fully saturated rings. The minimum absolute atomic E-state index is 0.574. The number of hydrogen-bond acceptors (Lipinski definition) is 0. The fraction of sp³-hybridized carbons (Fsp3) is 1.00. The van der Waals surface area contributed by atoms with Gasteiger partial charge in [0.15, 0.2) is 0 Å². The first-order valence-corrected chi connectivity index (χ1v) is 8.13. The van der Waals surface area contributed by atoms with E-state index in [0.717, 1.165) is 5.92 Å². The van der Waals surface area contributed by atoms with Crippen LogP contribution in [0.4, 0.5) is 0 Å². The Labute approximate surface area is 110 Å². The van der Waals surface area contributed by atoms with Crippen molar-refractivity contribution in [2.24, 2.45) is 11.3 Å². The molecule has 0 heteroatoms. The fourth-order valence-corrected chi connectivity index (χ4v) is 3.08. The third-order valence-electron chi connectivity index (χ3n) is 5.04. The van der Waals surface area contributed by atoms with Gasteiger partial charge in [-0.25, -0.2) is 0 Å². The molecule has 0 heterocycles. The van der Waals surface area contributed by atoms with Gasteiger partial charge in [-0.2, -0.15) is 0 Å². The summed E-state index contributed by atoms with van der Waals surface area (Å²) in [6, 6.07) is 0. The van der Waals surface area contributed by atoms with Gasteiger partial charge < -0.3 is 0 Å². The Bertz CT molecular complexity index is 180. The first-order chi connectivity index (χ1) is 8.13. The van der Waals surface area contributed by atoms with Crippen molar-refractivity contribution in [3.8, 4) is 0 Å². The van der Waals surface area contributed by atoms with E-state index >= 15 is 0 Å². The Morgan fingerprint density at radius 2 is 1.06 bits per heavy atom. The van der Waals surface area contributed by atoms with Crippen molar-refractivity contribution >= 4 is 0 Å². The maximum Gasteiger partial charge on any atom is -0.0329 e. The second-order valence-corrected chi connectivity index (χ2v) is 6.96. The average Bonchev–Trinajstić information content (AvgIpc) is 2.29. The maximum atomic E-state index is 2.49. The summed E-state index contributed by atoms with van der Waals surface area (Å²) in [6.45, 7) is 7.46. The first-order valence-electron chi connectivity index (χ1n) is 8.13. The standard InChI is InChI=1S/C17H34/c1-16-14-12-10-8-6-4-5-7-9-11-13-15-17(16,2)3/h16H,4-15H2,1-3H3. The minimum atomic E-state index is 0.574. The average molecular weight is 238 g/mol. The van der Waals surface area contributed by atoms with E-state index in [-0.39, 0.29) is 0 Å². The molecule has 0 amide bonds. The molecule has 0 aromatic heterocycles. The van der Waals surface area contributed by atoms with Gasteiger partial charge in [0.25, 0.3) is 0 Å². The summed E-state index contributed by atoms with van der Waals surface area (Å²) in [5.74, 6) is 0.908. The summed E-state index contributed by atoms with van der Waals surface area (Å²) in [6.07, 6.45) is 17.6. The van der Waals surface area contributed by atoms with Crippen LogP contribution in [0.25, 0.3) is 0 Å². The fourth-order valence-electron chi connectivity index (χ4n) is 3.08. The minimum Gasteiger partial charge on any atom is -0.0620 e. The zero-order valence-electron chi connectivity index (χ0n) is 12.6. The molecule has 1 aliphatic rings. The van der Waals surface area contributed by atoms with Crippen LogP contribution in [0.5, 0.6) is 0 Å². The smallest absolute Gasteiger partial charge is 0.0329 e. The van der Waals surface area contributed by atoms with E-state index in [1.807, 2.05) is 0 Å². The Hall–Kier alpha value is 0. The van der Waals surface area contributed by atoms with Gasteiger partial charge in [0.2, 0.25) is 0 Å². The van der Waals surface area contributed by atoms with Crippen molar-refractivity contribution in [2.75, 3.05) is 0 Å². The summed E-state index contributed by atoms with van der Waals surface area (Å²) < 4.78 is 0. The predicted octanol–water partition coefficient (Wildman–Crippen LogP) is 6.34. The van der Waals surface area contributed by atoms with Gasteiger partial charge in [-0.05, 0) is 17.8 Å². The van der Waals surface area contributed by atoms with E-state index in [1.54, 1.807) is 0 Å². The second kappa shape index (κ2) is 8.16. The van der Waals surface area contributed by atoms with Crippen LogP contribution < -0.4 is 0 Å². The third kappa shape index (κ3) is 6.48. The summed E-state index contributed by atoms with van der Waals surface area (Å²) in [5.41, 5.74) is 0.574. The van der Waals surface area contributed by atoms with E-state index in [1.165, 1.54) is 77.0 Å². The molecule has 17 heavy (non-hydrogen) atoms. The lowest BCUT2D eigenvalue weighted by Gasteiger charge is -2.32. The molecule has 1 atom stereocenters. The van der Waals surface area contributed by atoms with Gasteiger partial charge in [0, 0.05) is 0 Å². The van der Waals surface area contributed by atoms with Crippen molar-refractivity contribution in [1.82, 2.24) is 0 Å². The largest absolute Gasteiger partial charge is 0.0620 e. The first kappa shape index (κ1) is 15.1. The molecule has 0 spiro atoms. The summed E-state index contributed by atoms with van der Waals surface area (Å²) in [7, 11) is 0. The van der Waals surface area contributed by atoms with Gasteiger partial charge in [-0.15, -0.1) is 0 Å². The highest BCUT2D eigenvalue weighted by Crippen LogP contribution is 2.36. The monoisotopic (exact) mass is 238 g/mol. The lowest BCUT2D eigenvalue weighted by Crippen LogP contribution is -2.21. The zero-order chi connectivity index (χ0) is 12.6. The van der Waals surface area contributed by atoms with Gasteiger partial charge in [0.1, 0.15) is 0 Å². The number of rotatable bonds is 0. The van der Waals surface area contributed by atoms with Gasteiger partial charge in [0.05, 0.1) is 0 Å². The van der Waals surface area contributed by atoms with Crippen molar-refractivity contribution in [3.05, 3.63) is 0 Å². The van der Waals surface area contributed by atoms with E-state index < -0.39 is 0 Å². The van der Waals surface area contributed by atoms with Crippen LogP contribution in [0.2, 0.25) is 0 Å². The summed E-state index contributed by atoms with van der Waals surface area (Å²) in [4.78, 5) is 0. The van der Waals surface area contributed by atoms with Gasteiger partial charge in [-0.1, -0.05) is 91.4 Å². The van der Waals surface area contributed by atoms with Crippen LogP contribution in [-0.4, -0.2) is 0 Å². The lowest BCUT2D eigenvalue weighted by molar-refractivity contribution is 0.189. The highest BCUT2D eigenvalue weighted by molar-refractivity contribution is 4.75. The summed E-state index contributed by atoms with van der Waals surface area (Å²) >= 11 is 0. The SMILES string of the molecule is CC1CCCCCCCCCCCCC1(C)C. The maximum absolute atomic E-state index is 2.49. The Morgan fingerprint density at radius 3 is 1.59 bits per heavy atom. The Kier molecular flexibility index (Phi) is 7.23. The summed E-state index contributed by atoms with van der Waals surface area (Å²) in [5, 5.41) is 0. The molecule has 0 nitrogen and oxygen atoms in total. The molecule has 0 N–H and O–H groups in total. The van der Waals surface area contributed by atoms with Crippen LogP contribution in [0, 0.1) is 11.3 Å². The highest BCUT2D eigenvalue weighted by atomic mass is 14.3. The van der Waals surface area contributed by atoms with Crippen LogP contribution >= 0.6 is 0 Å². The van der Waals surface area contributed by atoms with Crippen molar-refractivity contribution < 1.29 is 0 Å². The third-order valence-corrected chi connectivity index (χ3v) is 5.04. The Morgan fingerprint density at radius 1 is 0.647 bits per heavy atom. The topological polar surface area (TPSA) is 0 Å². The quantitative estimate of drug-likeness (QED) is 0.461. The highest BCUT2D eigenvalue weighted by Gasteiger charge is 2.24. The van der Waals surface area contributed by atoms with Crippen molar-refractivity contribution in [1.29, 1.82) is 0 Å². The van der Waals surface area contributed by atoms with E-state index in [0.29, 0.717) is 5.41 Å². The molecular weight excluding hydrogens is 204 g/mol. The molecule has 1 aliphatic carbocycles. The van der Waals surface area contributed by atoms with E-state index in [2.05, 4.69) is 20.8 Å². The van der Waals surface area contributed by atoms with Crippen molar-refractivity contribution in [3.63, 3.8) is 0 Å². The molecule has 1 rings (SSSR count). The molecule has 0 radical (unpaired) electrons. The predicted molar refractivity (Wildman–Crippen MR) is 78.3 cm³/mol. The molecule has 0 aliphatic heterocycles. The Balaban J connectivity index is 2.34. The normalized spacial score (nSPS) is 29.5. The van der Waals surface area contributed by atoms with E-state index in [9.17, 15) is 0 Å². The molecule has 0 bridgehead atoms. The molecule has 1 unspecified atom stereocenters.